The Balaban J connectivity index is 1.21. The Bertz CT molecular complexity index is 1310. The van der Waals surface area contributed by atoms with Crippen LogP contribution >= 0.6 is 0 Å². The predicted molar refractivity (Wildman–Crippen MR) is 120 cm³/mol. The largest absolute Gasteiger partial charge is 0.371 e. The van der Waals surface area contributed by atoms with Crippen molar-refractivity contribution in [2.45, 2.75) is 43.6 Å². The van der Waals surface area contributed by atoms with E-state index in [1.807, 2.05) is 12.1 Å². The monoisotopic (exact) mass is 476 g/mol. The van der Waals surface area contributed by atoms with Crippen molar-refractivity contribution in [3.05, 3.63) is 71.6 Å². The molecule has 3 fully saturated rings. The highest BCUT2D eigenvalue weighted by atomic mass is 19.1. The zero-order valence-electron chi connectivity index (χ0n) is 18.8. The molecule has 10 heteroatoms. The molecule has 2 atom stereocenters. The summed E-state index contributed by atoms with van der Waals surface area (Å²) in [4.78, 5) is 17.4. The van der Waals surface area contributed by atoms with E-state index in [0.29, 0.717) is 55.6 Å². The average molecular weight is 476 g/mol. The van der Waals surface area contributed by atoms with Crippen LogP contribution in [0.4, 0.5) is 14.5 Å². The lowest BCUT2D eigenvalue weighted by molar-refractivity contribution is -0.140. The Morgan fingerprint density at radius 3 is 2.54 bits per heavy atom. The smallest absolute Gasteiger partial charge is 0.257 e. The van der Waals surface area contributed by atoms with Gasteiger partial charge in [0.2, 0.25) is 0 Å². The Morgan fingerprint density at radius 2 is 1.86 bits per heavy atom. The van der Waals surface area contributed by atoms with Crippen molar-refractivity contribution in [3.63, 3.8) is 0 Å². The summed E-state index contributed by atoms with van der Waals surface area (Å²) in [5.74, 6) is -1.39. The number of ether oxygens (including phenoxy) is 1. The minimum atomic E-state index is -0.924. The van der Waals surface area contributed by atoms with Crippen LogP contribution in [0, 0.1) is 23.0 Å². The molecule has 2 aromatic carbocycles. The van der Waals surface area contributed by atoms with Crippen molar-refractivity contribution >= 4 is 11.6 Å². The summed E-state index contributed by atoms with van der Waals surface area (Å²) < 4.78 is 35.6. The number of anilines is 1. The number of carbonyl (C=O) groups excluding carboxylic acids is 1. The maximum Gasteiger partial charge on any atom is 0.257 e. The van der Waals surface area contributed by atoms with Crippen molar-refractivity contribution < 1.29 is 18.3 Å². The van der Waals surface area contributed by atoms with Crippen LogP contribution in [-0.4, -0.2) is 50.7 Å². The number of amides is 1. The third kappa shape index (κ3) is 3.54. The number of halogens is 2. The first kappa shape index (κ1) is 21.7. The van der Waals surface area contributed by atoms with E-state index in [9.17, 15) is 18.8 Å². The molecule has 3 aromatic rings. The first-order valence-electron chi connectivity index (χ1n) is 11.6. The number of nitrogens with zero attached hydrogens (tertiary/aromatic N) is 6. The topological polar surface area (TPSA) is 87.3 Å². The quantitative estimate of drug-likeness (QED) is 0.575. The Kier molecular flexibility index (Phi) is 5.04. The van der Waals surface area contributed by atoms with Crippen molar-refractivity contribution in [1.29, 1.82) is 5.26 Å². The molecule has 6 rings (SSSR count). The second-order valence-corrected chi connectivity index (χ2v) is 9.22. The molecule has 35 heavy (non-hydrogen) atoms. The highest BCUT2D eigenvalue weighted by molar-refractivity contribution is 5.88. The molecule has 8 nitrogen and oxygen atoms in total. The number of hydrogen-bond acceptors (Lipinski definition) is 6. The van der Waals surface area contributed by atoms with Gasteiger partial charge < -0.3 is 14.5 Å². The van der Waals surface area contributed by atoms with E-state index in [1.54, 1.807) is 28.0 Å². The molecular formula is C25H22F2N6O2. The number of piperidine rings is 1. The average Bonchev–Trinajstić information content (AvgIpc) is 3.58. The Morgan fingerprint density at radius 1 is 1.09 bits per heavy atom. The van der Waals surface area contributed by atoms with Crippen LogP contribution in [0.15, 0.2) is 48.8 Å². The summed E-state index contributed by atoms with van der Waals surface area (Å²) in [6, 6.07) is 10.8. The molecule has 3 aliphatic rings. The van der Waals surface area contributed by atoms with Gasteiger partial charge in [-0.25, -0.2) is 13.5 Å². The standard InChI is InChI=1S/C25H22F2N6O2/c26-18-11-17(12-19(27)13-18)21-3-4-23-33(21)24(34)25(35-23)5-8-31(9-6-25)20-2-1-16(15-28)22(14-20)32-10-7-29-30-32/h1-2,7,10-14,21,23H,3-6,8-9H2/t21-,23+/m0/s1. The summed E-state index contributed by atoms with van der Waals surface area (Å²) in [6.07, 6.45) is 5.11. The van der Waals surface area contributed by atoms with Crippen LogP contribution in [-0.2, 0) is 9.53 Å². The van der Waals surface area contributed by atoms with Gasteiger partial charge in [-0.1, -0.05) is 5.21 Å². The summed E-state index contributed by atoms with van der Waals surface area (Å²) in [6.45, 7) is 1.18. The van der Waals surface area contributed by atoms with E-state index in [0.717, 1.165) is 11.8 Å². The molecule has 178 valence electrons. The highest BCUT2D eigenvalue weighted by Gasteiger charge is 2.58. The first-order chi connectivity index (χ1) is 17.0. The van der Waals surface area contributed by atoms with Gasteiger partial charge in [0.25, 0.3) is 5.91 Å². The van der Waals surface area contributed by atoms with E-state index < -0.39 is 17.2 Å². The maximum absolute atomic E-state index is 13.8. The molecule has 0 N–H and O–H groups in total. The van der Waals surface area contributed by atoms with Gasteiger partial charge in [0.1, 0.15) is 23.9 Å². The van der Waals surface area contributed by atoms with Crippen molar-refractivity contribution in [2.24, 2.45) is 0 Å². The first-order valence-corrected chi connectivity index (χ1v) is 11.6. The zero-order chi connectivity index (χ0) is 24.2. The summed E-state index contributed by atoms with van der Waals surface area (Å²) in [5.41, 5.74) is 1.59. The van der Waals surface area contributed by atoms with Gasteiger partial charge in [0.05, 0.1) is 29.7 Å². The Hall–Kier alpha value is -3.84. The van der Waals surface area contributed by atoms with Gasteiger partial charge in [-0.3, -0.25) is 4.79 Å². The van der Waals surface area contributed by atoms with Gasteiger partial charge in [0, 0.05) is 37.7 Å². The van der Waals surface area contributed by atoms with Crippen LogP contribution in [0.2, 0.25) is 0 Å². The zero-order valence-corrected chi connectivity index (χ0v) is 18.8. The number of hydrogen-bond donors (Lipinski definition) is 0. The molecule has 0 saturated carbocycles. The lowest BCUT2D eigenvalue weighted by atomic mass is 9.89. The SMILES string of the molecule is N#Cc1ccc(N2CCC3(CC2)O[C@@H]2CC[C@@H](c4cc(F)cc(F)c4)N2C3=O)cc1-n1ccnn1. The Labute approximate surface area is 200 Å². The molecule has 1 spiro atoms. The van der Waals surface area contributed by atoms with Crippen LogP contribution in [0.5, 0.6) is 0 Å². The van der Waals surface area contributed by atoms with Crippen molar-refractivity contribution in [1.82, 2.24) is 19.9 Å². The molecular weight excluding hydrogens is 454 g/mol. The van der Waals surface area contributed by atoms with E-state index in [1.165, 1.54) is 12.1 Å². The normalized spacial score (nSPS) is 23.1. The second kappa shape index (κ2) is 8.13. The predicted octanol–water partition coefficient (Wildman–Crippen LogP) is 3.48. The number of rotatable bonds is 3. The molecule has 0 aliphatic carbocycles. The van der Waals surface area contributed by atoms with Gasteiger partial charge in [0.15, 0.2) is 5.60 Å². The van der Waals surface area contributed by atoms with Crippen molar-refractivity contribution in [3.8, 4) is 11.8 Å². The summed E-state index contributed by atoms with van der Waals surface area (Å²) >= 11 is 0. The van der Waals surface area contributed by atoms with Crippen molar-refractivity contribution in [2.75, 3.05) is 18.0 Å². The highest BCUT2D eigenvalue weighted by Crippen LogP contribution is 2.48. The fourth-order valence-electron chi connectivity index (χ4n) is 5.60. The molecule has 0 bridgehead atoms. The molecule has 1 aromatic heterocycles. The molecule has 3 saturated heterocycles. The molecule has 3 aliphatic heterocycles. The number of fused-ring (bicyclic) bond motifs is 1. The number of carbonyl (C=O) groups is 1. The lowest BCUT2D eigenvalue weighted by Crippen LogP contribution is -2.50. The van der Waals surface area contributed by atoms with Gasteiger partial charge in [-0.2, -0.15) is 5.26 Å². The van der Waals surface area contributed by atoms with Gasteiger partial charge in [-0.05, 0) is 48.7 Å². The summed E-state index contributed by atoms with van der Waals surface area (Å²) in [7, 11) is 0. The van der Waals surface area contributed by atoms with E-state index in [-0.39, 0.29) is 18.2 Å². The fraction of sp³-hybridized carbons (Fsp3) is 0.360. The van der Waals surface area contributed by atoms with Crippen LogP contribution in [0.3, 0.4) is 0 Å². The van der Waals surface area contributed by atoms with E-state index >= 15 is 0 Å². The minimum absolute atomic E-state index is 0.0996. The third-order valence-corrected chi connectivity index (χ3v) is 7.30. The minimum Gasteiger partial charge on any atom is -0.371 e. The van der Waals surface area contributed by atoms with Crippen LogP contribution in [0.25, 0.3) is 5.69 Å². The summed E-state index contributed by atoms with van der Waals surface area (Å²) in [5, 5.41) is 17.3. The molecule has 4 heterocycles. The molecule has 0 radical (unpaired) electrons. The van der Waals surface area contributed by atoms with Gasteiger partial charge >= 0.3 is 0 Å². The van der Waals surface area contributed by atoms with Gasteiger partial charge in [-0.15, -0.1) is 5.10 Å². The lowest BCUT2D eigenvalue weighted by Gasteiger charge is -2.38. The number of aromatic nitrogens is 3. The number of benzene rings is 2. The van der Waals surface area contributed by atoms with Crippen LogP contribution in [0.1, 0.15) is 42.9 Å². The van der Waals surface area contributed by atoms with E-state index in [2.05, 4.69) is 21.3 Å². The molecule has 0 unspecified atom stereocenters. The van der Waals surface area contributed by atoms with Crippen LogP contribution < -0.4 is 4.90 Å². The maximum atomic E-state index is 13.8. The number of nitriles is 1. The molecule has 1 amide bonds. The fourth-order valence-corrected chi connectivity index (χ4v) is 5.60. The second-order valence-electron chi connectivity index (χ2n) is 9.22. The third-order valence-electron chi connectivity index (χ3n) is 7.30. The van der Waals surface area contributed by atoms with E-state index in [4.69, 9.17) is 4.74 Å².